The van der Waals surface area contributed by atoms with Crippen LogP contribution < -0.4 is 0 Å². The SMILES string of the molecule is Cc1cc(-n2c(C3CCOCC3)c([C@H]3CC[C@](F)(C(=O)O)CC3)c3c(F)c4[nH]ncc4cc32)ccc1F. The van der Waals surface area contributed by atoms with Crippen LogP contribution in [0, 0.1) is 18.6 Å². The minimum absolute atomic E-state index is 0.0499. The summed E-state index contributed by atoms with van der Waals surface area (Å²) in [6, 6.07) is 6.77. The molecule has 1 saturated carbocycles. The maximum Gasteiger partial charge on any atom is 0.341 e. The zero-order valence-corrected chi connectivity index (χ0v) is 20.5. The van der Waals surface area contributed by atoms with Gasteiger partial charge in [-0.1, -0.05) is 0 Å². The quantitative estimate of drug-likeness (QED) is 0.331. The first kappa shape index (κ1) is 24.0. The van der Waals surface area contributed by atoms with Crippen molar-refractivity contribution in [3.8, 4) is 5.69 Å². The van der Waals surface area contributed by atoms with E-state index in [4.69, 9.17) is 4.74 Å². The normalized spacial score (nSPS) is 23.2. The van der Waals surface area contributed by atoms with Gasteiger partial charge in [0.2, 0.25) is 5.67 Å². The fourth-order valence-electron chi connectivity index (χ4n) is 6.26. The Balaban J connectivity index is 1.65. The van der Waals surface area contributed by atoms with Gasteiger partial charge in [-0.05, 0) is 86.8 Å². The number of hydrogen-bond acceptors (Lipinski definition) is 3. The van der Waals surface area contributed by atoms with Crippen LogP contribution in [0.25, 0.3) is 27.5 Å². The van der Waals surface area contributed by atoms with Crippen LogP contribution in [0.3, 0.4) is 0 Å². The molecule has 1 aliphatic heterocycles. The number of H-pyrrole nitrogens is 1. The third-order valence-electron chi connectivity index (χ3n) is 8.26. The summed E-state index contributed by atoms with van der Waals surface area (Å²) in [7, 11) is 0. The zero-order chi connectivity index (χ0) is 25.9. The summed E-state index contributed by atoms with van der Waals surface area (Å²) in [6.45, 7) is 2.83. The molecule has 1 saturated heterocycles. The molecule has 0 bridgehead atoms. The fourth-order valence-corrected chi connectivity index (χ4v) is 6.26. The number of aryl methyl sites for hydroxylation is 1. The van der Waals surface area contributed by atoms with Crippen molar-refractivity contribution in [3.63, 3.8) is 0 Å². The average molecular weight is 512 g/mol. The van der Waals surface area contributed by atoms with E-state index in [1.54, 1.807) is 25.3 Å². The molecule has 9 heteroatoms. The number of carboxylic acids is 1. The van der Waals surface area contributed by atoms with Crippen molar-refractivity contribution in [1.82, 2.24) is 14.8 Å². The largest absolute Gasteiger partial charge is 0.479 e. The van der Waals surface area contributed by atoms with Crippen molar-refractivity contribution in [2.75, 3.05) is 13.2 Å². The zero-order valence-electron chi connectivity index (χ0n) is 20.5. The van der Waals surface area contributed by atoms with E-state index in [1.807, 2.05) is 10.6 Å². The van der Waals surface area contributed by atoms with Crippen molar-refractivity contribution < 1.29 is 27.8 Å². The molecule has 2 aliphatic rings. The van der Waals surface area contributed by atoms with E-state index in [0.717, 1.165) is 29.8 Å². The highest BCUT2D eigenvalue weighted by molar-refractivity contribution is 6.00. The Morgan fingerprint density at radius 3 is 2.54 bits per heavy atom. The number of aromatic nitrogens is 3. The van der Waals surface area contributed by atoms with Crippen LogP contribution in [0.1, 0.15) is 67.2 Å². The van der Waals surface area contributed by atoms with Crippen LogP contribution in [0.5, 0.6) is 0 Å². The summed E-state index contributed by atoms with van der Waals surface area (Å²) < 4.78 is 53.2. The number of aliphatic carboxylic acids is 1. The first-order chi connectivity index (χ1) is 17.8. The van der Waals surface area contributed by atoms with Crippen molar-refractivity contribution in [2.24, 2.45) is 0 Å². The maximum absolute atomic E-state index is 16.3. The second kappa shape index (κ2) is 8.90. The summed E-state index contributed by atoms with van der Waals surface area (Å²) in [5.41, 5.74) is 1.59. The smallest absolute Gasteiger partial charge is 0.341 e. The predicted octanol–water partition coefficient (Wildman–Crippen LogP) is 6.44. The van der Waals surface area contributed by atoms with E-state index >= 15 is 8.78 Å². The lowest BCUT2D eigenvalue weighted by Gasteiger charge is -2.33. The Morgan fingerprint density at radius 2 is 1.86 bits per heavy atom. The Morgan fingerprint density at radius 1 is 1.14 bits per heavy atom. The van der Waals surface area contributed by atoms with E-state index in [1.165, 1.54) is 6.07 Å². The van der Waals surface area contributed by atoms with Crippen molar-refractivity contribution in [1.29, 1.82) is 0 Å². The van der Waals surface area contributed by atoms with Crippen LogP contribution >= 0.6 is 0 Å². The Hall–Kier alpha value is -3.33. The van der Waals surface area contributed by atoms with Crippen LogP contribution in [0.2, 0.25) is 0 Å². The van der Waals surface area contributed by atoms with Gasteiger partial charge in [-0.3, -0.25) is 5.10 Å². The summed E-state index contributed by atoms with van der Waals surface area (Å²) in [5, 5.41) is 17.3. The van der Waals surface area contributed by atoms with Gasteiger partial charge in [0.1, 0.15) is 11.3 Å². The maximum atomic E-state index is 16.3. The molecule has 0 atom stereocenters. The van der Waals surface area contributed by atoms with Crippen molar-refractivity contribution >= 4 is 27.8 Å². The lowest BCUT2D eigenvalue weighted by molar-refractivity contribution is -0.153. The number of rotatable bonds is 4. The van der Waals surface area contributed by atoms with E-state index in [-0.39, 0.29) is 30.5 Å². The topological polar surface area (TPSA) is 80.1 Å². The molecule has 3 heterocycles. The van der Waals surface area contributed by atoms with Gasteiger partial charge in [-0.15, -0.1) is 0 Å². The molecule has 2 fully saturated rings. The van der Waals surface area contributed by atoms with E-state index < -0.39 is 17.5 Å². The molecule has 6 nitrogen and oxygen atoms in total. The number of aromatic amines is 1. The summed E-state index contributed by atoms with van der Waals surface area (Å²) in [4.78, 5) is 11.6. The van der Waals surface area contributed by atoms with Gasteiger partial charge in [0.15, 0.2) is 5.82 Å². The third-order valence-corrected chi connectivity index (χ3v) is 8.26. The number of nitrogens with zero attached hydrogens (tertiary/aromatic N) is 2. The van der Waals surface area contributed by atoms with Crippen LogP contribution in [-0.4, -0.2) is 44.7 Å². The number of halogens is 3. The number of alkyl halides is 1. The molecule has 6 rings (SSSR count). The second-order valence-electron chi connectivity index (χ2n) is 10.4. The number of carboxylic acid groups (broad SMARTS) is 1. The second-order valence-corrected chi connectivity index (χ2v) is 10.4. The molecule has 0 unspecified atom stereocenters. The van der Waals surface area contributed by atoms with Gasteiger partial charge >= 0.3 is 5.97 Å². The van der Waals surface area contributed by atoms with Crippen LogP contribution in [-0.2, 0) is 9.53 Å². The molecular formula is C28H28F3N3O3. The predicted molar refractivity (Wildman–Crippen MR) is 133 cm³/mol. The average Bonchev–Trinajstić information content (AvgIpc) is 3.50. The molecule has 2 aromatic carbocycles. The van der Waals surface area contributed by atoms with Gasteiger partial charge in [0.25, 0.3) is 0 Å². The first-order valence-corrected chi connectivity index (χ1v) is 12.7. The van der Waals surface area contributed by atoms with Gasteiger partial charge in [0.05, 0.1) is 11.7 Å². The highest BCUT2D eigenvalue weighted by atomic mass is 19.1. The fraction of sp³-hybridized carbons (Fsp3) is 0.429. The van der Waals surface area contributed by atoms with Crippen LogP contribution in [0.4, 0.5) is 13.2 Å². The standard InChI is InChI=1S/C28H28F3N3O3/c1-15-12-19(2-3-20(15)29)34-21-13-18-14-32-33-25(18)24(30)23(21)22(26(34)17-6-10-37-11-7-17)16-4-8-28(31,9-5-16)27(35)36/h2-3,12-14,16-17H,4-11H2,1H3,(H,32,33)(H,35,36)/t16-,28+. The highest BCUT2D eigenvalue weighted by Gasteiger charge is 2.44. The lowest BCUT2D eigenvalue weighted by Crippen LogP contribution is -2.37. The van der Waals surface area contributed by atoms with E-state index in [0.29, 0.717) is 53.4 Å². The Kier molecular flexibility index (Phi) is 5.78. The Labute approximate surface area is 211 Å². The lowest BCUT2D eigenvalue weighted by atomic mass is 9.75. The molecule has 2 N–H and O–H groups in total. The monoisotopic (exact) mass is 511 g/mol. The number of fused-ring (bicyclic) bond motifs is 2. The van der Waals surface area contributed by atoms with E-state index in [9.17, 15) is 14.3 Å². The van der Waals surface area contributed by atoms with E-state index in [2.05, 4.69) is 10.2 Å². The summed E-state index contributed by atoms with van der Waals surface area (Å²) >= 11 is 0. The molecule has 37 heavy (non-hydrogen) atoms. The number of nitrogens with one attached hydrogen (secondary N) is 1. The van der Waals surface area contributed by atoms with Gasteiger partial charge in [-0.25, -0.2) is 18.0 Å². The molecule has 2 aromatic heterocycles. The number of carbonyl (C=O) groups is 1. The molecule has 0 radical (unpaired) electrons. The number of ether oxygens (including phenoxy) is 1. The van der Waals surface area contributed by atoms with Gasteiger partial charge < -0.3 is 14.4 Å². The minimum atomic E-state index is -2.27. The molecule has 0 amide bonds. The summed E-state index contributed by atoms with van der Waals surface area (Å²) in [6.07, 6.45) is 3.37. The number of hydrogen-bond donors (Lipinski definition) is 2. The van der Waals surface area contributed by atoms with Gasteiger partial charge in [-0.2, -0.15) is 5.10 Å². The van der Waals surface area contributed by atoms with Crippen LogP contribution in [0.15, 0.2) is 30.5 Å². The molecular weight excluding hydrogens is 483 g/mol. The minimum Gasteiger partial charge on any atom is -0.479 e. The summed E-state index contributed by atoms with van der Waals surface area (Å²) in [5.74, 6) is -2.36. The number of benzene rings is 2. The molecule has 194 valence electrons. The highest BCUT2D eigenvalue weighted by Crippen LogP contribution is 2.49. The van der Waals surface area contributed by atoms with Gasteiger partial charge in [0, 0.05) is 41.3 Å². The van der Waals surface area contributed by atoms with Crippen molar-refractivity contribution in [2.45, 2.75) is 63.0 Å². The Bertz CT molecular complexity index is 1510. The first-order valence-electron chi connectivity index (χ1n) is 12.7. The molecule has 4 aromatic rings. The molecule has 1 aliphatic carbocycles. The third kappa shape index (κ3) is 3.82. The van der Waals surface area contributed by atoms with Crippen molar-refractivity contribution in [3.05, 3.63) is 58.9 Å². The molecule has 0 spiro atoms.